The van der Waals surface area contributed by atoms with Gasteiger partial charge in [0.1, 0.15) is 12.0 Å². The first-order valence-corrected chi connectivity index (χ1v) is 6.15. The molecular formula is C13H18Cl2N3O+. The number of carbonyl (C=O) groups is 1. The topological polar surface area (TPSA) is 44.5 Å². The molecule has 0 aromatic heterocycles. The van der Waals surface area contributed by atoms with Crippen molar-refractivity contribution in [1.29, 1.82) is 0 Å². The maximum absolute atomic E-state index is 12.4. The molecule has 0 radical (unpaired) electrons. The standard InChI is InChI=1S/C13H16N3O.2ClH/c17-13-11-5-1-2-6-12(11)15-9-16(13)10-4-3-7-14-8-10;;/h1-2,5-6,9-11,14H,3-4,7-8H2;2*1H/q+1;;. The van der Waals surface area contributed by atoms with Gasteiger partial charge < -0.3 is 5.32 Å². The Balaban J connectivity index is 0.000000902. The van der Waals surface area contributed by atoms with Crippen LogP contribution < -0.4 is 5.32 Å². The summed E-state index contributed by atoms with van der Waals surface area (Å²) in [6.45, 7) is 1.93. The molecular weight excluding hydrogens is 285 g/mol. The molecule has 1 fully saturated rings. The van der Waals surface area contributed by atoms with E-state index < -0.39 is 0 Å². The summed E-state index contributed by atoms with van der Waals surface area (Å²) in [5.41, 5.74) is 0.859. The lowest BCUT2D eigenvalue weighted by molar-refractivity contribution is -0.488. The Kier molecular flexibility index (Phi) is 5.91. The lowest BCUT2D eigenvalue weighted by Crippen LogP contribution is -2.48. The number of hydrogen-bond acceptors (Lipinski definition) is 3. The lowest BCUT2D eigenvalue weighted by atomic mass is 9.95. The van der Waals surface area contributed by atoms with E-state index in [-0.39, 0.29) is 42.7 Å². The average Bonchev–Trinajstić information content (AvgIpc) is 2.40. The van der Waals surface area contributed by atoms with Gasteiger partial charge in [-0.05, 0) is 25.5 Å². The molecule has 2 unspecified atom stereocenters. The second kappa shape index (κ2) is 6.98. The molecule has 0 spiro atoms. The van der Waals surface area contributed by atoms with Crippen molar-refractivity contribution < 1.29 is 9.37 Å². The molecule has 1 N–H and O–H groups in total. The van der Waals surface area contributed by atoms with Gasteiger partial charge in [0.25, 0.3) is 6.34 Å². The number of allylic oxidation sites excluding steroid dienone is 3. The van der Waals surface area contributed by atoms with E-state index in [0.717, 1.165) is 31.6 Å². The Bertz CT molecular complexity index is 463. The molecule has 6 heteroatoms. The van der Waals surface area contributed by atoms with Crippen molar-refractivity contribution in [2.45, 2.75) is 18.9 Å². The van der Waals surface area contributed by atoms with E-state index in [0.29, 0.717) is 0 Å². The Morgan fingerprint density at radius 1 is 1.32 bits per heavy atom. The maximum Gasteiger partial charge on any atom is 0.324 e. The molecule has 2 heterocycles. The van der Waals surface area contributed by atoms with Crippen LogP contribution in [0.25, 0.3) is 0 Å². The lowest BCUT2D eigenvalue weighted by Gasteiger charge is -2.25. The molecule has 1 saturated heterocycles. The summed E-state index contributed by atoms with van der Waals surface area (Å²) < 4.78 is 1.81. The number of halogens is 2. The number of aliphatic imine (C=N–C) groups is 1. The van der Waals surface area contributed by atoms with Gasteiger partial charge in [-0.2, -0.15) is 4.58 Å². The van der Waals surface area contributed by atoms with Crippen LogP contribution in [0.2, 0.25) is 0 Å². The molecule has 2 aliphatic heterocycles. The second-order valence-electron chi connectivity index (χ2n) is 4.64. The summed E-state index contributed by atoms with van der Waals surface area (Å²) in [4.78, 5) is 16.7. The van der Waals surface area contributed by atoms with Crippen LogP contribution in [0.4, 0.5) is 0 Å². The van der Waals surface area contributed by atoms with E-state index in [2.05, 4.69) is 10.3 Å². The molecule has 3 rings (SSSR count). The van der Waals surface area contributed by atoms with E-state index in [4.69, 9.17) is 0 Å². The predicted octanol–water partition coefficient (Wildman–Crippen LogP) is 1.35. The second-order valence-corrected chi connectivity index (χ2v) is 4.64. The van der Waals surface area contributed by atoms with E-state index >= 15 is 0 Å². The zero-order valence-electron chi connectivity index (χ0n) is 10.5. The van der Waals surface area contributed by atoms with Crippen LogP contribution in [0, 0.1) is 5.92 Å². The van der Waals surface area contributed by atoms with Crippen LogP contribution >= 0.6 is 24.8 Å². The smallest absolute Gasteiger partial charge is 0.313 e. The molecule has 0 saturated carbocycles. The SMILES string of the molecule is Cl.Cl.O=C1C2C=CC=CC2=NC=[N+]1C1CCCNC1. The highest BCUT2D eigenvalue weighted by molar-refractivity contribution is 6.14. The molecule has 3 aliphatic rings. The fourth-order valence-corrected chi connectivity index (χ4v) is 2.56. The van der Waals surface area contributed by atoms with Crippen molar-refractivity contribution in [3.05, 3.63) is 24.3 Å². The maximum atomic E-state index is 12.4. The van der Waals surface area contributed by atoms with Gasteiger partial charge in [-0.1, -0.05) is 23.2 Å². The van der Waals surface area contributed by atoms with Gasteiger partial charge in [0, 0.05) is 6.54 Å². The monoisotopic (exact) mass is 302 g/mol. The van der Waals surface area contributed by atoms with E-state index in [9.17, 15) is 4.79 Å². The van der Waals surface area contributed by atoms with Crippen molar-refractivity contribution in [3.63, 3.8) is 0 Å². The third-order valence-electron chi connectivity index (χ3n) is 3.52. The van der Waals surface area contributed by atoms with Crippen LogP contribution in [0.1, 0.15) is 12.8 Å². The number of carbonyl (C=O) groups excluding carboxylic acids is 1. The van der Waals surface area contributed by atoms with Crippen LogP contribution in [0.15, 0.2) is 29.3 Å². The van der Waals surface area contributed by atoms with Gasteiger partial charge in [-0.3, -0.25) is 0 Å². The number of amides is 1. The average molecular weight is 303 g/mol. The van der Waals surface area contributed by atoms with Gasteiger partial charge in [0.05, 0.1) is 0 Å². The minimum Gasteiger partial charge on any atom is -0.313 e. The highest BCUT2D eigenvalue weighted by Crippen LogP contribution is 2.17. The van der Waals surface area contributed by atoms with Gasteiger partial charge in [-0.15, -0.1) is 24.8 Å². The van der Waals surface area contributed by atoms with Gasteiger partial charge in [-0.25, -0.2) is 4.79 Å². The molecule has 0 aromatic rings. The largest absolute Gasteiger partial charge is 0.324 e. The fourth-order valence-electron chi connectivity index (χ4n) is 2.56. The van der Waals surface area contributed by atoms with Gasteiger partial charge in [0.2, 0.25) is 0 Å². The van der Waals surface area contributed by atoms with Crippen molar-refractivity contribution in [2.75, 3.05) is 13.1 Å². The molecule has 19 heavy (non-hydrogen) atoms. The Morgan fingerprint density at radius 3 is 2.89 bits per heavy atom. The van der Waals surface area contributed by atoms with Crippen LogP contribution in [-0.2, 0) is 4.79 Å². The van der Waals surface area contributed by atoms with Crippen molar-refractivity contribution in [3.8, 4) is 0 Å². The van der Waals surface area contributed by atoms with Crippen LogP contribution in [0.3, 0.4) is 0 Å². The number of nitrogens with zero attached hydrogens (tertiary/aromatic N) is 2. The third kappa shape index (κ3) is 3.14. The summed E-state index contributed by atoms with van der Waals surface area (Å²) in [5, 5.41) is 3.33. The number of fused-ring (bicyclic) bond motifs is 1. The molecule has 0 aromatic carbocycles. The zero-order valence-corrected chi connectivity index (χ0v) is 12.1. The van der Waals surface area contributed by atoms with Gasteiger partial charge in [0.15, 0.2) is 5.71 Å². The number of nitrogens with one attached hydrogen (secondary N) is 1. The van der Waals surface area contributed by atoms with Crippen molar-refractivity contribution >= 4 is 42.8 Å². The molecule has 0 bridgehead atoms. The summed E-state index contributed by atoms with van der Waals surface area (Å²) in [6.07, 6.45) is 11.6. The summed E-state index contributed by atoms with van der Waals surface area (Å²) in [7, 11) is 0. The molecule has 1 amide bonds. The minimum atomic E-state index is -0.174. The summed E-state index contributed by atoms with van der Waals surface area (Å²) in [6, 6.07) is 0.265. The Hall–Kier alpha value is -0.970. The highest BCUT2D eigenvalue weighted by atomic mass is 35.5. The molecule has 104 valence electrons. The number of piperidine rings is 1. The molecule has 1 aliphatic carbocycles. The molecule has 2 atom stereocenters. The first kappa shape index (κ1) is 16.1. The van der Waals surface area contributed by atoms with E-state index in [1.54, 1.807) is 6.34 Å². The zero-order chi connectivity index (χ0) is 11.7. The third-order valence-corrected chi connectivity index (χ3v) is 3.52. The fraction of sp³-hybridized carbons (Fsp3) is 0.462. The summed E-state index contributed by atoms with van der Waals surface area (Å²) >= 11 is 0. The first-order valence-electron chi connectivity index (χ1n) is 6.15. The Labute approximate surface area is 125 Å². The first-order chi connectivity index (χ1) is 8.36. The van der Waals surface area contributed by atoms with E-state index in [1.807, 2.05) is 28.9 Å². The minimum absolute atomic E-state index is 0. The number of hydrogen-bond donors (Lipinski definition) is 1. The Morgan fingerprint density at radius 2 is 2.16 bits per heavy atom. The molecule has 4 nitrogen and oxygen atoms in total. The highest BCUT2D eigenvalue weighted by Gasteiger charge is 2.37. The summed E-state index contributed by atoms with van der Waals surface area (Å²) in [5.74, 6) is -0.0174. The van der Waals surface area contributed by atoms with Crippen molar-refractivity contribution in [1.82, 2.24) is 5.32 Å². The van der Waals surface area contributed by atoms with E-state index in [1.165, 1.54) is 0 Å². The normalized spacial score (nSPS) is 28.5. The quantitative estimate of drug-likeness (QED) is 0.743. The van der Waals surface area contributed by atoms with Crippen LogP contribution in [0.5, 0.6) is 0 Å². The van der Waals surface area contributed by atoms with Gasteiger partial charge >= 0.3 is 5.91 Å². The predicted molar refractivity (Wildman–Crippen MR) is 80.9 cm³/mol. The van der Waals surface area contributed by atoms with Crippen molar-refractivity contribution in [2.24, 2.45) is 10.9 Å². The van der Waals surface area contributed by atoms with Crippen LogP contribution in [-0.4, -0.2) is 41.7 Å². The number of rotatable bonds is 1.